The lowest BCUT2D eigenvalue weighted by atomic mass is 10.1. The number of fused-ring (bicyclic) bond motifs is 1. The van der Waals surface area contributed by atoms with Gasteiger partial charge in [-0.05, 0) is 42.5 Å². The summed E-state index contributed by atoms with van der Waals surface area (Å²) in [7, 11) is 1.51. The molecule has 138 valence electrons. The number of hydrogen-bond acceptors (Lipinski definition) is 6. The molecular weight excluding hydrogens is 418 g/mol. The predicted molar refractivity (Wildman–Crippen MR) is 97.8 cm³/mol. The molecule has 0 atom stereocenters. The first-order valence-corrected chi connectivity index (χ1v) is 8.68. The van der Waals surface area contributed by atoms with Crippen LogP contribution in [0.3, 0.4) is 0 Å². The SMILES string of the molecule is COc1ccc(C(=O)COC(=O)CN2C(=O)c3ccc(Br)cc3C2=O)cc1. The Hall–Kier alpha value is -3.00. The van der Waals surface area contributed by atoms with Crippen molar-refractivity contribution in [1.82, 2.24) is 4.90 Å². The summed E-state index contributed by atoms with van der Waals surface area (Å²) in [5.41, 5.74) is 0.802. The standard InChI is InChI=1S/C19H14BrNO6/c1-26-13-5-2-11(3-6-13)16(22)10-27-17(23)9-21-18(24)14-7-4-12(20)8-15(14)19(21)25/h2-8H,9-10H2,1H3. The summed E-state index contributed by atoms with van der Waals surface area (Å²) in [6.45, 7) is -1.04. The number of carbonyl (C=O) groups is 4. The number of benzene rings is 2. The minimum absolute atomic E-state index is 0.219. The average molecular weight is 432 g/mol. The molecule has 8 heteroatoms. The summed E-state index contributed by atoms with van der Waals surface area (Å²) in [6.07, 6.45) is 0. The zero-order valence-corrected chi connectivity index (χ0v) is 15.8. The van der Waals surface area contributed by atoms with E-state index in [-0.39, 0.29) is 11.1 Å². The zero-order chi connectivity index (χ0) is 19.6. The molecule has 0 N–H and O–H groups in total. The largest absolute Gasteiger partial charge is 0.497 e. The topological polar surface area (TPSA) is 90.0 Å². The summed E-state index contributed by atoms with van der Waals surface area (Å²) in [5.74, 6) is -1.79. The minimum atomic E-state index is -0.842. The molecule has 0 unspecified atom stereocenters. The van der Waals surface area contributed by atoms with Crippen LogP contribution in [0.4, 0.5) is 0 Å². The normalized spacial score (nSPS) is 12.7. The number of carbonyl (C=O) groups excluding carboxylic acids is 4. The highest BCUT2D eigenvalue weighted by molar-refractivity contribution is 9.10. The van der Waals surface area contributed by atoms with Gasteiger partial charge < -0.3 is 9.47 Å². The molecule has 1 heterocycles. The molecule has 2 aromatic rings. The van der Waals surface area contributed by atoms with Crippen LogP contribution in [0.2, 0.25) is 0 Å². The molecule has 0 bridgehead atoms. The number of methoxy groups -OCH3 is 1. The van der Waals surface area contributed by atoms with Gasteiger partial charge in [-0.3, -0.25) is 24.1 Å². The number of ether oxygens (including phenoxy) is 2. The number of esters is 1. The van der Waals surface area contributed by atoms with E-state index in [0.29, 0.717) is 15.8 Å². The van der Waals surface area contributed by atoms with Gasteiger partial charge in [0, 0.05) is 10.0 Å². The molecule has 0 fully saturated rings. The molecule has 1 aliphatic rings. The summed E-state index contributed by atoms with van der Waals surface area (Å²) in [6, 6.07) is 11.0. The van der Waals surface area contributed by atoms with E-state index in [4.69, 9.17) is 9.47 Å². The van der Waals surface area contributed by atoms with E-state index in [2.05, 4.69) is 15.9 Å². The summed E-state index contributed by atoms with van der Waals surface area (Å²) in [5, 5.41) is 0. The van der Waals surface area contributed by atoms with Gasteiger partial charge in [-0.25, -0.2) is 0 Å². The van der Waals surface area contributed by atoms with Gasteiger partial charge in [0.25, 0.3) is 11.8 Å². The van der Waals surface area contributed by atoms with Crippen LogP contribution in [0.15, 0.2) is 46.9 Å². The van der Waals surface area contributed by atoms with Crippen molar-refractivity contribution >= 4 is 39.5 Å². The van der Waals surface area contributed by atoms with Crippen molar-refractivity contribution < 1.29 is 28.7 Å². The maximum absolute atomic E-state index is 12.3. The summed E-state index contributed by atoms with van der Waals surface area (Å²) < 4.78 is 10.6. The van der Waals surface area contributed by atoms with Gasteiger partial charge in [-0.15, -0.1) is 0 Å². The van der Waals surface area contributed by atoms with Gasteiger partial charge in [0.1, 0.15) is 12.3 Å². The zero-order valence-electron chi connectivity index (χ0n) is 14.2. The quantitative estimate of drug-likeness (QED) is 0.396. The predicted octanol–water partition coefficient (Wildman–Crippen LogP) is 2.48. The van der Waals surface area contributed by atoms with Crippen molar-refractivity contribution in [2.75, 3.05) is 20.3 Å². The Bertz CT molecular complexity index is 938. The van der Waals surface area contributed by atoms with Gasteiger partial charge in [-0.2, -0.15) is 0 Å². The number of ketones is 1. The first-order chi connectivity index (χ1) is 12.9. The van der Waals surface area contributed by atoms with Crippen molar-refractivity contribution in [2.24, 2.45) is 0 Å². The first kappa shape index (κ1) is 18.8. The Morgan fingerprint density at radius 2 is 1.67 bits per heavy atom. The highest BCUT2D eigenvalue weighted by atomic mass is 79.9. The van der Waals surface area contributed by atoms with Gasteiger partial charge in [0.05, 0.1) is 18.2 Å². The fourth-order valence-corrected chi connectivity index (χ4v) is 2.95. The third-order valence-electron chi connectivity index (χ3n) is 4.00. The van der Waals surface area contributed by atoms with Crippen LogP contribution in [0.5, 0.6) is 5.75 Å². The molecule has 0 radical (unpaired) electrons. The average Bonchev–Trinajstić information content (AvgIpc) is 2.90. The van der Waals surface area contributed by atoms with Crippen molar-refractivity contribution in [3.05, 3.63) is 63.6 Å². The highest BCUT2D eigenvalue weighted by Crippen LogP contribution is 2.25. The number of amides is 2. The third-order valence-corrected chi connectivity index (χ3v) is 4.49. The second-order valence-corrected chi connectivity index (χ2v) is 6.61. The van der Waals surface area contributed by atoms with Crippen LogP contribution in [0.25, 0.3) is 0 Å². The van der Waals surface area contributed by atoms with Crippen LogP contribution >= 0.6 is 15.9 Å². The van der Waals surface area contributed by atoms with E-state index in [1.54, 1.807) is 30.3 Å². The lowest BCUT2D eigenvalue weighted by Gasteiger charge is -2.12. The molecular formula is C19H14BrNO6. The second kappa shape index (κ2) is 7.71. The molecule has 0 saturated heterocycles. The fraction of sp³-hybridized carbons (Fsp3) is 0.158. The van der Waals surface area contributed by atoms with Crippen LogP contribution in [0.1, 0.15) is 31.1 Å². The molecule has 0 aliphatic carbocycles. The number of hydrogen-bond donors (Lipinski definition) is 0. The Kier molecular flexibility index (Phi) is 5.36. The van der Waals surface area contributed by atoms with E-state index in [1.807, 2.05) is 0 Å². The van der Waals surface area contributed by atoms with Crippen LogP contribution in [-0.2, 0) is 9.53 Å². The van der Waals surface area contributed by atoms with E-state index >= 15 is 0 Å². The van der Waals surface area contributed by atoms with Gasteiger partial charge in [-0.1, -0.05) is 15.9 Å². The monoisotopic (exact) mass is 431 g/mol. The maximum Gasteiger partial charge on any atom is 0.326 e. The Morgan fingerprint density at radius 1 is 1.00 bits per heavy atom. The van der Waals surface area contributed by atoms with E-state index in [9.17, 15) is 19.2 Å². The number of rotatable bonds is 6. The van der Waals surface area contributed by atoms with Gasteiger partial charge in [0.2, 0.25) is 0 Å². The lowest BCUT2D eigenvalue weighted by molar-refractivity contribution is -0.142. The Balaban J connectivity index is 1.59. The molecule has 2 aromatic carbocycles. The molecule has 2 amide bonds. The van der Waals surface area contributed by atoms with Crippen molar-refractivity contribution in [3.63, 3.8) is 0 Å². The van der Waals surface area contributed by atoms with E-state index in [1.165, 1.54) is 19.2 Å². The number of nitrogens with zero attached hydrogens (tertiary/aromatic N) is 1. The van der Waals surface area contributed by atoms with Crippen LogP contribution in [0, 0.1) is 0 Å². The fourth-order valence-electron chi connectivity index (χ4n) is 2.59. The smallest absolute Gasteiger partial charge is 0.326 e. The first-order valence-electron chi connectivity index (χ1n) is 7.89. The summed E-state index contributed by atoms with van der Waals surface area (Å²) >= 11 is 3.24. The Morgan fingerprint density at radius 3 is 2.33 bits per heavy atom. The lowest BCUT2D eigenvalue weighted by Crippen LogP contribution is -2.36. The minimum Gasteiger partial charge on any atom is -0.497 e. The second-order valence-electron chi connectivity index (χ2n) is 5.70. The van der Waals surface area contributed by atoms with Gasteiger partial charge >= 0.3 is 5.97 Å². The Labute approximate surface area is 163 Å². The number of Topliss-reactive ketones (excluding diaryl/α,β-unsaturated/α-hetero) is 1. The highest BCUT2D eigenvalue weighted by Gasteiger charge is 2.37. The van der Waals surface area contributed by atoms with Crippen LogP contribution in [-0.4, -0.2) is 48.7 Å². The maximum atomic E-state index is 12.3. The number of halogens is 1. The van der Waals surface area contributed by atoms with Crippen molar-refractivity contribution in [3.8, 4) is 5.75 Å². The summed E-state index contributed by atoms with van der Waals surface area (Å²) in [4.78, 5) is 49.4. The molecule has 3 rings (SSSR count). The molecule has 27 heavy (non-hydrogen) atoms. The van der Waals surface area contributed by atoms with Crippen molar-refractivity contribution in [2.45, 2.75) is 0 Å². The molecule has 1 aliphatic heterocycles. The third kappa shape index (κ3) is 3.90. The van der Waals surface area contributed by atoms with E-state index in [0.717, 1.165) is 4.90 Å². The van der Waals surface area contributed by atoms with Crippen LogP contribution < -0.4 is 4.74 Å². The van der Waals surface area contributed by atoms with Gasteiger partial charge in [0.15, 0.2) is 12.4 Å². The molecule has 7 nitrogen and oxygen atoms in total. The van der Waals surface area contributed by atoms with Crippen molar-refractivity contribution in [1.29, 1.82) is 0 Å². The molecule has 0 saturated carbocycles. The molecule has 0 spiro atoms. The van der Waals surface area contributed by atoms with E-state index < -0.39 is 36.7 Å². The molecule has 0 aromatic heterocycles. The number of imide groups is 1.